The van der Waals surface area contributed by atoms with Gasteiger partial charge in [0, 0.05) is 6.04 Å². The molecule has 1 heterocycles. The minimum Gasteiger partial charge on any atom is -0.370 e. The predicted octanol–water partition coefficient (Wildman–Crippen LogP) is 2.47. The standard InChI is InChI=1S/C15H21N3/c1-15(12-7-3-2-4-8-12)11-17-14(16)18(15)13-9-5-6-10-13/h2-4,7-8,13H,5-6,9-11H2,1H3,(H2,16,17). The third-order valence-corrected chi connectivity index (χ3v) is 4.41. The molecule has 0 aromatic heterocycles. The topological polar surface area (TPSA) is 41.6 Å². The highest BCUT2D eigenvalue weighted by Gasteiger charge is 2.43. The van der Waals surface area contributed by atoms with E-state index in [0.29, 0.717) is 6.04 Å². The molecule has 1 unspecified atom stereocenters. The maximum atomic E-state index is 6.15. The Balaban J connectivity index is 1.96. The molecule has 1 fully saturated rings. The third-order valence-electron chi connectivity index (χ3n) is 4.41. The van der Waals surface area contributed by atoms with E-state index in [1.807, 2.05) is 0 Å². The van der Waals surface area contributed by atoms with Crippen LogP contribution in [0.1, 0.15) is 38.2 Å². The van der Waals surface area contributed by atoms with Crippen molar-refractivity contribution < 1.29 is 0 Å². The molecule has 2 aliphatic rings. The van der Waals surface area contributed by atoms with Crippen LogP contribution in [0.3, 0.4) is 0 Å². The molecule has 0 spiro atoms. The van der Waals surface area contributed by atoms with Crippen LogP contribution in [0.4, 0.5) is 0 Å². The van der Waals surface area contributed by atoms with Crippen LogP contribution in [0.5, 0.6) is 0 Å². The van der Waals surface area contributed by atoms with Crippen molar-refractivity contribution in [3.05, 3.63) is 35.9 Å². The van der Waals surface area contributed by atoms with Crippen molar-refractivity contribution in [1.29, 1.82) is 0 Å². The van der Waals surface area contributed by atoms with Gasteiger partial charge >= 0.3 is 0 Å². The van der Waals surface area contributed by atoms with E-state index in [4.69, 9.17) is 5.73 Å². The van der Waals surface area contributed by atoms with E-state index in [9.17, 15) is 0 Å². The first-order valence-electron chi connectivity index (χ1n) is 6.86. The summed E-state index contributed by atoms with van der Waals surface area (Å²) in [5.41, 5.74) is 7.41. The predicted molar refractivity (Wildman–Crippen MR) is 74.4 cm³/mol. The zero-order valence-corrected chi connectivity index (χ0v) is 11.0. The first kappa shape index (κ1) is 11.6. The molecule has 2 N–H and O–H groups in total. The summed E-state index contributed by atoms with van der Waals surface area (Å²) >= 11 is 0. The lowest BCUT2D eigenvalue weighted by molar-refractivity contribution is 0.167. The fourth-order valence-electron chi connectivity index (χ4n) is 3.42. The molecular formula is C15H21N3. The van der Waals surface area contributed by atoms with Crippen molar-refractivity contribution in [1.82, 2.24) is 4.90 Å². The molecule has 0 saturated heterocycles. The Morgan fingerprint density at radius 3 is 2.56 bits per heavy atom. The van der Waals surface area contributed by atoms with E-state index in [1.165, 1.54) is 31.2 Å². The van der Waals surface area contributed by atoms with E-state index in [1.54, 1.807) is 0 Å². The summed E-state index contributed by atoms with van der Waals surface area (Å²) in [5, 5.41) is 0. The van der Waals surface area contributed by atoms with Gasteiger partial charge in [0.05, 0.1) is 12.1 Å². The highest BCUT2D eigenvalue weighted by atomic mass is 15.4. The molecule has 1 aromatic rings. The Morgan fingerprint density at radius 2 is 1.89 bits per heavy atom. The summed E-state index contributed by atoms with van der Waals surface area (Å²) in [4.78, 5) is 6.88. The largest absolute Gasteiger partial charge is 0.370 e. The molecule has 1 aliphatic carbocycles. The summed E-state index contributed by atoms with van der Waals surface area (Å²) in [6, 6.07) is 11.2. The van der Waals surface area contributed by atoms with Gasteiger partial charge in [-0.05, 0) is 25.3 Å². The molecule has 96 valence electrons. The summed E-state index contributed by atoms with van der Waals surface area (Å²) in [5.74, 6) is 0.730. The molecule has 1 aromatic carbocycles. The van der Waals surface area contributed by atoms with Crippen LogP contribution in [0.15, 0.2) is 35.3 Å². The maximum Gasteiger partial charge on any atom is 0.192 e. The van der Waals surface area contributed by atoms with Crippen molar-refractivity contribution in [3.8, 4) is 0 Å². The van der Waals surface area contributed by atoms with Crippen LogP contribution in [0, 0.1) is 0 Å². The van der Waals surface area contributed by atoms with Gasteiger partial charge in [-0.1, -0.05) is 43.2 Å². The van der Waals surface area contributed by atoms with Gasteiger partial charge in [-0.2, -0.15) is 0 Å². The first-order chi connectivity index (χ1) is 8.72. The molecule has 3 rings (SSSR count). The van der Waals surface area contributed by atoms with Gasteiger partial charge in [-0.15, -0.1) is 0 Å². The molecule has 1 saturated carbocycles. The Kier molecular flexibility index (Phi) is 2.77. The van der Waals surface area contributed by atoms with Crippen LogP contribution in [-0.4, -0.2) is 23.4 Å². The van der Waals surface area contributed by atoms with E-state index >= 15 is 0 Å². The van der Waals surface area contributed by atoms with Gasteiger partial charge in [0.2, 0.25) is 0 Å². The number of aliphatic imine (C=N–C) groups is 1. The third kappa shape index (κ3) is 1.69. The quantitative estimate of drug-likeness (QED) is 0.867. The summed E-state index contributed by atoms with van der Waals surface area (Å²) in [6.45, 7) is 3.04. The van der Waals surface area contributed by atoms with Crippen LogP contribution in [-0.2, 0) is 5.54 Å². The van der Waals surface area contributed by atoms with Crippen LogP contribution in [0.25, 0.3) is 0 Å². The van der Waals surface area contributed by atoms with Gasteiger partial charge in [-0.25, -0.2) is 0 Å². The molecule has 3 heteroatoms. The normalized spacial score (nSPS) is 28.7. The van der Waals surface area contributed by atoms with E-state index < -0.39 is 0 Å². The zero-order chi connectivity index (χ0) is 12.6. The SMILES string of the molecule is CC1(c2ccccc2)CN=C(N)N1C1CCCC1. The van der Waals surface area contributed by atoms with Gasteiger partial charge in [0.15, 0.2) is 5.96 Å². The summed E-state index contributed by atoms with van der Waals surface area (Å²) < 4.78 is 0. The van der Waals surface area contributed by atoms with Crippen molar-refractivity contribution in [2.24, 2.45) is 10.7 Å². The molecule has 1 atom stereocenters. The average Bonchev–Trinajstić information content (AvgIpc) is 3.00. The van der Waals surface area contributed by atoms with Crippen LogP contribution >= 0.6 is 0 Å². The fraction of sp³-hybridized carbons (Fsp3) is 0.533. The Bertz CT molecular complexity index is 448. The van der Waals surface area contributed by atoms with E-state index in [2.05, 4.69) is 47.1 Å². The van der Waals surface area contributed by atoms with Gasteiger partial charge in [0.25, 0.3) is 0 Å². The summed E-state index contributed by atoms with van der Waals surface area (Å²) in [6.07, 6.45) is 5.13. The second kappa shape index (κ2) is 4.30. The molecule has 0 radical (unpaired) electrons. The number of rotatable bonds is 2. The lowest BCUT2D eigenvalue weighted by Crippen LogP contribution is -2.52. The lowest BCUT2D eigenvalue weighted by atomic mass is 9.89. The van der Waals surface area contributed by atoms with Gasteiger partial charge < -0.3 is 10.6 Å². The number of hydrogen-bond donors (Lipinski definition) is 1. The van der Waals surface area contributed by atoms with Crippen LogP contribution in [0.2, 0.25) is 0 Å². The number of benzene rings is 1. The Morgan fingerprint density at radius 1 is 1.22 bits per heavy atom. The minimum absolute atomic E-state index is 0.0552. The van der Waals surface area contributed by atoms with Crippen molar-refractivity contribution in [2.75, 3.05) is 6.54 Å². The second-order valence-electron chi connectivity index (χ2n) is 5.62. The lowest BCUT2D eigenvalue weighted by Gasteiger charge is -2.41. The Hall–Kier alpha value is -1.51. The molecule has 3 nitrogen and oxygen atoms in total. The highest BCUT2D eigenvalue weighted by Crippen LogP contribution is 2.38. The number of nitrogens with two attached hydrogens (primary N) is 1. The zero-order valence-electron chi connectivity index (χ0n) is 11.0. The van der Waals surface area contributed by atoms with Crippen molar-refractivity contribution in [2.45, 2.75) is 44.2 Å². The molecule has 0 bridgehead atoms. The van der Waals surface area contributed by atoms with Crippen LogP contribution < -0.4 is 5.73 Å². The monoisotopic (exact) mass is 243 g/mol. The van der Waals surface area contributed by atoms with Crippen molar-refractivity contribution >= 4 is 5.96 Å². The molecule has 0 amide bonds. The number of guanidine groups is 1. The highest BCUT2D eigenvalue weighted by molar-refractivity contribution is 5.81. The summed E-state index contributed by atoms with van der Waals surface area (Å²) in [7, 11) is 0. The van der Waals surface area contributed by atoms with E-state index in [0.717, 1.165) is 12.5 Å². The minimum atomic E-state index is -0.0552. The Labute approximate surface area is 109 Å². The van der Waals surface area contributed by atoms with Gasteiger partial charge in [0.1, 0.15) is 0 Å². The molecule has 1 aliphatic heterocycles. The van der Waals surface area contributed by atoms with Crippen molar-refractivity contribution in [3.63, 3.8) is 0 Å². The number of nitrogens with zero attached hydrogens (tertiary/aromatic N) is 2. The smallest absolute Gasteiger partial charge is 0.192 e. The fourth-order valence-corrected chi connectivity index (χ4v) is 3.42. The first-order valence-corrected chi connectivity index (χ1v) is 6.86. The average molecular weight is 243 g/mol. The maximum absolute atomic E-state index is 6.15. The molecule has 18 heavy (non-hydrogen) atoms. The van der Waals surface area contributed by atoms with E-state index in [-0.39, 0.29) is 5.54 Å². The second-order valence-corrected chi connectivity index (χ2v) is 5.62. The van der Waals surface area contributed by atoms with Gasteiger partial charge in [-0.3, -0.25) is 4.99 Å². The molecular weight excluding hydrogens is 222 g/mol. The number of hydrogen-bond acceptors (Lipinski definition) is 3.